The molecule has 2 aromatic heterocycles. The molecule has 2 amide bonds. The van der Waals surface area contributed by atoms with E-state index in [1.165, 1.54) is 4.68 Å². The van der Waals surface area contributed by atoms with E-state index in [0.717, 1.165) is 5.56 Å². The predicted octanol–water partition coefficient (Wildman–Crippen LogP) is 4.59. The van der Waals surface area contributed by atoms with Crippen molar-refractivity contribution in [2.75, 3.05) is 0 Å². The minimum Gasteiger partial charge on any atom is -0.467 e. The Hall–Kier alpha value is -3.62. The molecule has 4 aromatic rings. The second-order valence-electron chi connectivity index (χ2n) is 7.33. The van der Waals surface area contributed by atoms with E-state index in [1.807, 2.05) is 13.0 Å². The number of carbonyl (C=O) groups excluding carboxylic acids is 2. The number of benzene rings is 2. The normalized spacial score (nSPS) is 10.8. The third kappa shape index (κ3) is 5.30. The third-order valence-electron chi connectivity index (χ3n) is 4.99. The number of para-hydroxylation sites is 1. The van der Waals surface area contributed by atoms with Crippen LogP contribution in [0.25, 0.3) is 5.69 Å². The van der Waals surface area contributed by atoms with Gasteiger partial charge in [0.2, 0.25) is 5.82 Å². The van der Waals surface area contributed by atoms with Crippen molar-refractivity contribution in [3.05, 3.63) is 99.4 Å². The van der Waals surface area contributed by atoms with E-state index < -0.39 is 5.91 Å². The molecule has 2 N–H and O–H groups in total. The van der Waals surface area contributed by atoms with Crippen molar-refractivity contribution < 1.29 is 14.0 Å². The predicted molar refractivity (Wildman–Crippen MR) is 128 cm³/mol. The van der Waals surface area contributed by atoms with E-state index in [2.05, 4.69) is 20.7 Å². The number of nitrogens with one attached hydrogen (secondary N) is 2. The zero-order valence-corrected chi connectivity index (χ0v) is 19.7. The van der Waals surface area contributed by atoms with Gasteiger partial charge < -0.3 is 15.1 Å². The fourth-order valence-electron chi connectivity index (χ4n) is 3.31. The van der Waals surface area contributed by atoms with Crippen LogP contribution < -0.4 is 10.6 Å². The summed E-state index contributed by atoms with van der Waals surface area (Å²) in [4.78, 5) is 29.5. The van der Waals surface area contributed by atoms with Gasteiger partial charge in [0, 0.05) is 18.5 Å². The summed E-state index contributed by atoms with van der Waals surface area (Å²) in [7, 11) is 0. The number of furan rings is 1. The van der Waals surface area contributed by atoms with E-state index in [1.54, 1.807) is 54.8 Å². The molecule has 0 fully saturated rings. The van der Waals surface area contributed by atoms with Gasteiger partial charge in [0.15, 0.2) is 0 Å². The summed E-state index contributed by atoms with van der Waals surface area (Å²) in [6.07, 6.45) is 2.08. The maximum atomic E-state index is 12.7. The molecule has 0 bridgehead atoms. The number of carbonyl (C=O) groups is 2. The van der Waals surface area contributed by atoms with Gasteiger partial charge in [-0.3, -0.25) is 9.59 Å². The molecule has 0 saturated carbocycles. The number of aromatic nitrogens is 3. The SMILES string of the molecule is CCc1nc(C(=O)NCc2cccc(C(=O)NCc3ccco3)c2)nn1-c1c(Cl)cccc1Cl. The number of halogens is 2. The Morgan fingerprint density at radius 3 is 2.41 bits per heavy atom. The lowest BCUT2D eigenvalue weighted by molar-refractivity contribution is 0.0937. The molecule has 10 heteroatoms. The van der Waals surface area contributed by atoms with Crippen molar-refractivity contribution in [1.29, 1.82) is 0 Å². The molecule has 34 heavy (non-hydrogen) atoms. The number of hydrogen-bond acceptors (Lipinski definition) is 5. The zero-order chi connectivity index (χ0) is 24.1. The number of aryl methyl sites for hydroxylation is 1. The molecule has 0 aliphatic heterocycles. The van der Waals surface area contributed by atoms with Crippen LogP contribution in [0.5, 0.6) is 0 Å². The smallest absolute Gasteiger partial charge is 0.291 e. The van der Waals surface area contributed by atoms with Crippen LogP contribution >= 0.6 is 23.2 Å². The van der Waals surface area contributed by atoms with E-state index in [-0.39, 0.29) is 24.8 Å². The van der Waals surface area contributed by atoms with Crippen molar-refractivity contribution in [2.24, 2.45) is 0 Å². The van der Waals surface area contributed by atoms with Crippen molar-refractivity contribution in [3.8, 4) is 5.69 Å². The van der Waals surface area contributed by atoms with E-state index >= 15 is 0 Å². The minimum atomic E-state index is -0.454. The molecule has 0 aliphatic carbocycles. The number of hydrogen-bond donors (Lipinski definition) is 2. The highest BCUT2D eigenvalue weighted by Crippen LogP contribution is 2.28. The van der Waals surface area contributed by atoms with E-state index in [4.69, 9.17) is 27.6 Å². The summed E-state index contributed by atoms with van der Waals surface area (Å²) in [5.74, 6) is 0.516. The molecular formula is C24H21Cl2N5O3. The first-order valence-electron chi connectivity index (χ1n) is 10.5. The fraction of sp³-hybridized carbons (Fsp3) is 0.167. The molecule has 8 nitrogen and oxygen atoms in total. The van der Waals surface area contributed by atoms with Crippen molar-refractivity contribution in [2.45, 2.75) is 26.4 Å². The van der Waals surface area contributed by atoms with Gasteiger partial charge in [-0.2, -0.15) is 0 Å². The van der Waals surface area contributed by atoms with Gasteiger partial charge in [-0.15, -0.1) is 5.10 Å². The molecule has 0 radical (unpaired) electrons. The summed E-state index contributed by atoms with van der Waals surface area (Å²) >= 11 is 12.6. The first-order valence-corrected chi connectivity index (χ1v) is 11.3. The Labute approximate surface area is 205 Å². The average molecular weight is 498 g/mol. The average Bonchev–Trinajstić information content (AvgIpc) is 3.51. The molecule has 0 atom stereocenters. The maximum absolute atomic E-state index is 12.7. The van der Waals surface area contributed by atoms with Crippen LogP contribution in [0.2, 0.25) is 10.0 Å². The molecule has 0 aliphatic rings. The molecule has 0 spiro atoms. The maximum Gasteiger partial charge on any atom is 0.291 e. The fourth-order valence-corrected chi connectivity index (χ4v) is 3.86. The second kappa shape index (κ2) is 10.5. The van der Waals surface area contributed by atoms with Crippen molar-refractivity contribution >= 4 is 35.0 Å². The zero-order valence-electron chi connectivity index (χ0n) is 18.2. The molecule has 0 unspecified atom stereocenters. The van der Waals surface area contributed by atoms with Crippen LogP contribution in [0.15, 0.2) is 65.3 Å². The molecule has 0 saturated heterocycles. The van der Waals surface area contributed by atoms with Gasteiger partial charge in [-0.1, -0.05) is 48.3 Å². The lowest BCUT2D eigenvalue weighted by Crippen LogP contribution is -2.25. The van der Waals surface area contributed by atoms with Gasteiger partial charge in [-0.25, -0.2) is 9.67 Å². The number of amides is 2. The van der Waals surface area contributed by atoms with Crippen molar-refractivity contribution in [3.63, 3.8) is 0 Å². The molecule has 174 valence electrons. The van der Waals surface area contributed by atoms with Crippen molar-refractivity contribution in [1.82, 2.24) is 25.4 Å². The topological polar surface area (TPSA) is 102 Å². The van der Waals surface area contributed by atoms with Crippen LogP contribution in [0.1, 0.15) is 45.0 Å². The third-order valence-corrected chi connectivity index (χ3v) is 5.60. The summed E-state index contributed by atoms with van der Waals surface area (Å²) in [6.45, 7) is 2.38. The summed E-state index contributed by atoms with van der Waals surface area (Å²) < 4.78 is 6.71. The highest BCUT2D eigenvalue weighted by molar-refractivity contribution is 6.37. The van der Waals surface area contributed by atoms with Gasteiger partial charge in [0.1, 0.15) is 17.3 Å². The van der Waals surface area contributed by atoms with E-state index in [9.17, 15) is 9.59 Å². The van der Waals surface area contributed by atoms with Crippen LogP contribution in [0, 0.1) is 0 Å². The van der Waals surface area contributed by atoms with Crippen LogP contribution in [0.4, 0.5) is 0 Å². The van der Waals surface area contributed by atoms with Gasteiger partial charge in [-0.05, 0) is 42.0 Å². The first-order chi connectivity index (χ1) is 16.5. The summed E-state index contributed by atoms with van der Waals surface area (Å²) in [5, 5.41) is 10.7. The number of rotatable bonds is 8. The minimum absolute atomic E-state index is 0.000168. The van der Waals surface area contributed by atoms with Crippen LogP contribution in [-0.2, 0) is 19.5 Å². The molecular weight excluding hydrogens is 477 g/mol. The largest absolute Gasteiger partial charge is 0.467 e. The highest BCUT2D eigenvalue weighted by atomic mass is 35.5. The summed E-state index contributed by atoms with van der Waals surface area (Å²) in [6, 6.07) is 15.7. The summed E-state index contributed by atoms with van der Waals surface area (Å²) in [5.41, 5.74) is 1.70. The standard InChI is InChI=1S/C24H21Cl2N5O3/c1-2-20-29-22(30-31(20)21-18(25)9-4-10-19(21)26)24(33)27-13-15-6-3-7-16(12-15)23(32)28-14-17-8-5-11-34-17/h3-12H,2,13-14H2,1H3,(H,27,33)(H,28,32). The van der Waals surface area contributed by atoms with Gasteiger partial charge in [0.05, 0.1) is 22.9 Å². The van der Waals surface area contributed by atoms with Gasteiger partial charge >= 0.3 is 0 Å². The molecule has 2 heterocycles. The Morgan fingerprint density at radius 2 is 1.71 bits per heavy atom. The lowest BCUT2D eigenvalue weighted by Gasteiger charge is -2.08. The number of nitrogens with zero attached hydrogens (tertiary/aromatic N) is 3. The first kappa shape index (κ1) is 23.5. The Bertz CT molecular complexity index is 1300. The Balaban J connectivity index is 1.43. The van der Waals surface area contributed by atoms with Crippen LogP contribution in [-0.4, -0.2) is 26.6 Å². The Morgan fingerprint density at radius 1 is 0.971 bits per heavy atom. The van der Waals surface area contributed by atoms with E-state index in [0.29, 0.717) is 39.3 Å². The quantitative estimate of drug-likeness (QED) is 0.370. The van der Waals surface area contributed by atoms with Crippen LogP contribution in [0.3, 0.4) is 0 Å². The Kier molecular flexibility index (Phi) is 7.30. The monoisotopic (exact) mass is 497 g/mol. The molecule has 4 rings (SSSR count). The highest BCUT2D eigenvalue weighted by Gasteiger charge is 2.19. The van der Waals surface area contributed by atoms with Gasteiger partial charge in [0.25, 0.3) is 11.8 Å². The lowest BCUT2D eigenvalue weighted by atomic mass is 10.1. The molecule has 2 aromatic carbocycles. The second-order valence-corrected chi connectivity index (χ2v) is 8.15.